The molecule has 6 nitrogen and oxygen atoms in total. The summed E-state index contributed by atoms with van der Waals surface area (Å²) in [7, 11) is 1.36. The number of carbonyl (C=O) groups is 1. The van der Waals surface area contributed by atoms with Crippen LogP contribution < -0.4 is 5.32 Å². The first kappa shape index (κ1) is 13.1. The topological polar surface area (TPSA) is 79.9 Å². The van der Waals surface area contributed by atoms with Gasteiger partial charge in [0.1, 0.15) is 5.82 Å². The molecule has 2 heterocycles. The monoisotopic (exact) mass is 260 g/mol. The summed E-state index contributed by atoms with van der Waals surface area (Å²) >= 11 is 0. The van der Waals surface area contributed by atoms with Crippen molar-refractivity contribution in [2.24, 2.45) is 0 Å². The lowest BCUT2D eigenvalue weighted by atomic mass is 10.2. The molecule has 0 bridgehead atoms. The Hall–Kier alpha value is -2.37. The fraction of sp³-hybridized carbons (Fsp3) is 0.308. The van der Waals surface area contributed by atoms with Crippen molar-refractivity contribution in [1.82, 2.24) is 15.2 Å². The van der Waals surface area contributed by atoms with E-state index in [0.717, 1.165) is 11.3 Å². The van der Waals surface area contributed by atoms with Gasteiger partial charge in [0.15, 0.2) is 0 Å². The van der Waals surface area contributed by atoms with Crippen molar-refractivity contribution >= 4 is 11.8 Å². The smallest absolute Gasteiger partial charge is 0.339 e. The second-order valence-corrected chi connectivity index (χ2v) is 4.19. The van der Waals surface area contributed by atoms with Crippen LogP contribution in [0, 0.1) is 13.8 Å². The van der Waals surface area contributed by atoms with Crippen LogP contribution >= 0.6 is 0 Å². The van der Waals surface area contributed by atoms with Gasteiger partial charge in [-0.3, -0.25) is 5.10 Å². The zero-order chi connectivity index (χ0) is 13.8. The van der Waals surface area contributed by atoms with E-state index in [0.29, 0.717) is 23.6 Å². The molecule has 19 heavy (non-hydrogen) atoms. The number of carbonyl (C=O) groups excluding carboxylic acids is 1. The maximum Gasteiger partial charge on any atom is 0.339 e. The first-order chi connectivity index (χ1) is 9.11. The maximum atomic E-state index is 11.4. The molecule has 0 unspecified atom stereocenters. The van der Waals surface area contributed by atoms with E-state index in [1.165, 1.54) is 7.11 Å². The third kappa shape index (κ3) is 2.90. The number of ether oxygens (including phenoxy) is 1. The highest BCUT2D eigenvalue weighted by atomic mass is 16.5. The SMILES string of the molecule is COC(=O)c1ccc(NCc2cn[nH]c2C)nc1C. The fourth-order valence-electron chi connectivity index (χ4n) is 1.72. The van der Waals surface area contributed by atoms with Gasteiger partial charge in [-0.15, -0.1) is 0 Å². The number of aromatic amines is 1. The first-order valence-electron chi connectivity index (χ1n) is 5.90. The van der Waals surface area contributed by atoms with E-state index in [1.54, 1.807) is 25.3 Å². The molecule has 0 aliphatic carbocycles. The molecule has 0 atom stereocenters. The van der Waals surface area contributed by atoms with Gasteiger partial charge in [0, 0.05) is 17.8 Å². The van der Waals surface area contributed by atoms with Gasteiger partial charge in [-0.1, -0.05) is 0 Å². The van der Waals surface area contributed by atoms with Crippen LogP contribution in [0.5, 0.6) is 0 Å². The highest BCUT2D eigenvalue weighted by molar-refractivity contribution is 5.90. The molecule has 0 saturated carbocycles. The molecule has 6 heteroatoms. The van der Waals surface area contributed by atoms with Crippen LogP contribution in [0.4, 0.5) is 5.82 Å². The van der Waals surface area contributed by atoms with Gasteiger partial charge in [0.05, 0.1) is 24.6 Å². The number of H-pyrrole nitrogens is 1. The van der Waals surface area contributed by atoms with E-state index in [9.17, 15) is 4.79 Å². The number of hydrogen-bond acceptors (Lipinski definition) is 5. The molecule has 100 valence electrons. The van der Waals surface area contributed by atoms with E-state index in [1.807, 2.05) is 6.92 Å². The number of methoxy groups -OCH3 is 1. The van der Waals surface area contributed by atoms with Gasteiger partial charge in [0.25, 0.3) is 0 Å². The van der Waals surface area contributed by atoms with Crippen molar-refractivity contribution in [3.05, 3.63) is 40.8 Å². The van der Waals surface area contributed by atoms with Crippen molar-refractivity contribution in [2.75, 3.05) is 12.4 Å². The Labute approximate surface area is 111 Å². The van der Waals surface area contributed by atoms with Gasteiger partial charge in [-0.25, -0.2) is 9.78 Å². The number of hydrogen-bond donors (Lipinski definition) is 2. The number of rotatable bonds is 4. The van der Waals surface area contributed by atoms with E-state index >= 15 is 0 Å². The molecular weight excluding hydrogens is 244 g/mol. The largest absolute Gasteiger partial charge is 0.465 e. The average molecular weight is 260 g/mol. The standard InChI is InChI=1S/C13H16N4O2/c1-8-10(7-15-17-8)6-14-12-5-4-11(9(2)16-12)13(18)19-3/h4-5,7H,6H2,1-3H3,(H,14,16)(H,15,17). The van der Waals surface area contributed by atoms with Crippen molar-refractivity contribution in [3.8, 4) is 0 Å². The van der Waals surface area contributed by atoms with Crippen molar-refractivity contribution in [2.45, 2.75) is 20.4 Å². The summed E-state index contributed by atoms with van der Waals surface area (Å²) in [6.07, 6.45) is 1.78. The summed E-state index contributed by atoms with van der Waals surface area (Å²) in [5, 5.41) is 10.0. The number of aryl methyl sites for hydroxylation is 2. The van der Waals surface area contributed by atoms with Gasteiger partial charge in [-0.2, -0.15) is 5.10 Å². The molecule has 0 radical (unpaired) electrons. The second-order valence-electron chi connectivity index (χ2n) is 4.19. The number of pyridine rings is 1. The summed E-state index contributed by atoms with van der Waals surface area (Å²) in [4.78, 5) is 15.8. The Morgan fingerprint density at radius 3 is 2.79 bits per heavy atom. The molecule has 0 amide bonds. The first-order valence-corrected chi connectivity index (χ1v) is 5.90. The third-order valence-electron chi connectivity index (χ3n) is 2.89. The van der Waals surface area contributed by atoms with E-state index in [4.69, 9.17) is 0 Å². The molecule has 0 fully saturated rings. The summed E-state index contributed by atoms with van der Waals surface area (Å²) in [6.45, 7) is 4.37. The van der Waals surface area contributed by atoms with E-state index in [-0.39, 0.29) is 5.97 Å². The predicted molar refractivity (Wildman–Crippen MR) is 71.0 cm³/mol. The molecule has 0 spiro atoms. The van der Waals surface area contributed by atoms with Crippen LogP contribution in [0.2, 0.25) is 0 Å². The highest BCUT2D eigenvalue weighted by Crippen LogP contribution is 2.13. The van der Waals surface area contributed by atoms with Crippen LogP contribution in [-0.2, 0) is 11.3 Å². The normalized spacial score (nSPS) is 10.3. The zero-order valence-electron chi connectivity index (χ0n) is 11.2. The molecule has 0 saturated heterocycles. The summed E-state index contributed by atoms with van der Waals surface area (Å²) < 4.78 is 4.68. The molecule has 2 aromatic rings. The Balaban J connectivity index is 2.08. The molecule has 2 N–H and O–H groups in total. The zero-order valence-corrected chi connectivity index (χ0v) is 11.2. The number of nitrogens with one attached hydrogen (secondary N) is 2. The maximum absolute atomic E-state index is 11.4. The molecule has 0 aliphatic rings. The molecule has 2 aromatic heterocycles. The Kier molecular flexibility index (Phi) is 3.79. The Morgan fingerprint density at radius 1 is 1.42 bits per heavy atom. The third-order valence-corrected chi connectivity index (χ3v) is 2.89. The Bertz CT molecular complexity index is 592. The molecule has 2 rings (SSSR count). The van der Waals surface area contributed by atoms with Gasteiger partial charge < -0.3 is 10.1 Å². The number of esters is 1. The summed E-state index contributed by atoms with van der Waals surface area (Å²) in [5.74, 6) is 0.341. The lowest BCUT2D eigenvalue weighted by Crippen LogP contribution is -2.08. The summed E-state index contributed by atoms with van der Waals surface area (Å²) in [6, 6.07) is 3.47. The average Bonchev–Trinajstić information content (AvgIpc) is 2.81. The van der Waals surface area contributed by atoms with Crippen LogP contribution in [-0.4, -0.2) is 28.3 Å². The highest BCUT2D eigenvalue weighted by Gasteiger charge is 2.10. The minimum absolute atomic E-state index is 0.373. The molecular formula is C13H16N4O2. The van der Waals surface area contributed by atoms with Crippen molar-refractivity contribution < 1.29 is 9.53 Å². The lowest BCUT2D eigenvalue weighted by Gasteiger charge is -2.08. The quantitative estimate of drug-likeness (QED) is 0.820. The Morgan fingerprint density at radius 2 is 2.21 bits per heavy atom. The minimum Gasteiger partial charge on any atom is -0.465 e. The number of nitrogens with zero attached hydrogens (tertiary/aromatic N) is 2. The minimum atomic E-state index is -0.373. The van der Waals surface area contributed by atoms with Crippen LogP contribution in [0.1, 0.15) is 27.3 Å². The lowest BCUT2D eigenvalue weighted by molar-refractivity contribution is 0.0599. The fourth-order valence-corrected chi connectivity index (χ4v) is 1.72. The number of anilines is 1. The van der Waals surface area contributed by atoms with Gasteiger partial charge in [-0.05, 0) is 26.0 Å². The van der Waals surface area contributed by atoms with Crippen molar-refractivity contribution in [1.29, 1.82) is 0 Å². The summed E-state index contributed by atoms with van der Waals surface area (Å²) in [5.41, 5.74) is 3.22. The van der Waals surface area contributed by atoms with Crippen LogP contribution in [0.25, 0.3) is 0 Å². The predicted octanol–water partition coefficient (Wildman–Crippen LogP) is 1.82. The van der Waals surface area contributed by atoms with E-state index < -0.39 is 0 Å². The van der Waals surface area contributed by atoms with Crippen LogP contribution in [0.15, 0.2) is 18.3 Å². The second kappa shape index (κ2) is 5.51. The van der Waals surface area contributed by atoms with Crippen molar-refractivity contribution in [3.63, 3.8) is 0 Å². The molecule has 0 aliphatic heterocycles. The molecule has 0 aromatic carbocycles. The van der Waals surface area contributed by atoms with Gasteiger partial charge in [0.2, 0.25) is 0 Å². The van der Waals surface area contributed by atoms with E-state index in [2.05, 4.69) is 25.2 Å². The van der Waals surface area contributed by atoms with Crippen LogP contribution in [0.3, 0.4) is 0 Å². The number of aromatic nitrogens is 3. The van der Waals surface area contributed by atoms with Gasteiger partial charge >= 0.3 is 5.97 Å².